The summed E-state index contributed by atoms with van der Waals surface area (Å²) in [4.78, 5) is 38.2. The van der Waals surface area contributed by atoms with Gasteiger partial charge in [0.25, 0.3) is 5.91 Å². The van der Waals surface area contributed by atoms with E-state index < -0.39 is 36.1 Å². The molecule has 4 N–H and O–H groups in total. The van der Waals surface area contributed by atoms with Gasteiger partial charge in [0, 0.05) is 6.20 Å². The Morgan fingerprint density at radius 3 is 2.73 bits per heavy atom. The number of carbonyl (C=O) groups excluding carboxylic acids is 2. The van der Waals surface area contributed by atoms with E-state index in [-0.39, 0.29) is 5.69 Å². The van der Waals surface area contributed by atoms with E-state index in [4.69, 9.17) is 10.8 Å². The van der Waals surface area contributed by atoms with Crippen LogP contribution in [0.3, 0.4) is 0 Å². The number of carbonyl (C=O) groups is 3. The standard InChI is InChI=1S/C13H13FN4O4/c1-6-11(18-5-7(14)2-3-10(18)16-6)12(20)17-8(13(21)22)4-9(15)19/h2-3,5,8H,4H2,1H3,(H2,15,19)(H,17,20)(H,21,22). The topological polar surface area (TPSA) is 127 Å². The van der Waals surface area contributed by atoms with Crippen molar-refractivity contribution >= 4 is 23.4 Å². The lowest BCUT2D eigenvalue weighted by atomic mass is 10.2. The molecule has 1 atom stereocenters. The quantitative estimate of drug-likeness (QED) is 0.707. The first-order chi connectivity index (χ1) is 10.3. The molecule has 0 spiro atoms. The van der Waals surface area contributed by atoms with Crippen LogP contribution in [0.25, 0.3) is 5.65 Å². The summed E-state index contributed by atoms with van der Waals surface area (Å²) in [6, 6.07) is 1.11. The van der Waals surface area contributed by atoms with Crippen molar-refractivity contribution in [3.05, 3.63) is 35.5 Å². The zero-order chi connectivity index (χ0) is 16.4. The lowest BCUT2D eigenvalue weighted by molar-refractivity contribution is -0.140. The number of hydrogen-bond acceptors (Lipinski definition) is 4. The van der Waals surface area contributed by atoms with Crippen LogP contribution in [0.1, 0.15) is 22.6 Å². The van der Waals surface area contributed by atoms with Crippen LogP contribution >= 0.6 is 0 Å². The molecule has 0 aliphatic heterocycles. The highest BCUT2D eigenvalue weighted by molar-refractivity contribution is 5.97. The summed E-state index contributed by atoms with van der Waals surface area (Å²) < 4.78 is 14.5. The number of pyridine rings is 1. The molecule has 0 aliphatic carbocycles. The molecule has 0 radical (unpaired) electrons. The van der Waals surface area contributed by atoms with Crippen molar-refractivity contribution in [1.82, 2.24) is 14.7 Å². The largest absolute Gasteiger partial charge is 0.480 e. The summed E-state index contributed by atoms with van der Waals surface area (Å²) in [5.74, 6) is -3.63. The molecule has 8 nitrogen and oxygen atoms in total. The molecule has 2 aromatic rings. The van der Waals surface area contributed by atoms with Gasteiger partial charge < -0.3 is 16.2 Å². The van der Waals surface area contributed by atoms with Gasteiger partial charge in [0.15, 0.2) is 0 Å². The molecule has 22 heavy (non-hydrogen) atoms. The number of nitrogens with one attached hydrogen (secondary N) is 1. The molecule has 0 fully saturated rings. The van der Waals surface area contributed by atoms with Gasteiger partial charge in [-0.25, -0.2) is 14.2 Å². The molecule has 2 rings (SSSR count). The fourth-order valence-corrected chi connectivity index (χ4v) is 2.04. The molecule has 116 valence electrons. The number of rotatable bonds is 5. The maximum Gasteiger partial charge on any atom is 0.326 e. The van der Waals surface area contributed by atoms with Crippen LogP contribution in [-0.4, -0.2) is 38.3 Å². The molecule has 2 heterocycles. The molecular formula is C13H13FN4O4. The first-order valence-electron chi connectivity index (χ1n) is 6.25. The Morgan fingerprint density at radius 2 is 2.14 bits per heavy atom. The summed E-state index contributed by atoms with van der Waals surface area (Å²) in [6.45, 7) is 1.53. The maximum atomic E-state index is 13.3. The molecule has 0 saturated heterocycles. The minimum absolute atomic E-state index is 0.00906. The average molecular weight is 308 g/mol. The Hall–Kier alpha value is -2.97. The van der Waals surface area contributed by atoms with Crippen LogP contribution in [-0.2, 0) is 9.59 Å². The predicted molar refractivity (Wildman–Crippen MR) is 72.6 cm³/mol. The third-order valence-corrected chi connectivity index (χ3v) is 2.98. The van der Waals surface area contributed by atoms with Gasteiger partial charge >= 0.3 is 5.97 Å². The zero-order valence-electron chi connectivity index (χ0n) is 11.5. The van der Waals surface area contributed by atoms with Crippen LogP contribution in [0.4, 0.5) is 4.39 Å². The molecule has 1 unspecified atom stereocenters. The van der Waals surface area contributed by atoms with Crippen molar-refractivity contribution in [2.45, 2.75) is 19.4 Å². The van der Waals surface area contributed by atoms with E-state index in [0.717, 1.165) is 6.20 Å². The smallest absolute Gasteiger partial charge is 0.326 e. The number of aliphatic carboxylic acids is 1. The van der Waals surface area contributed by atoms with Crippen molar-refractivity contribution in [3.63, 3.8) is 0 Å². The van der Waals surface area contributed by atoms with E-state index in [9.17, 15) is 18.8 Å². The highest BCUT2D eigenvalue weighted by Crippen LogP contribution is 2.13. The highest BCUT2D eigenvalue weighted by atomic mass is 19.1. The summed E-state index contributed by atoms with van der Waals surface area (Å²) in [5.41, 5.74) is 5.57. The first kappa shape index (κ1) is 15.4. The maximum absolute atomic E-state index is 13.3. The highest BCUT2D eigenvalue weighted by Gasteiger charge is 2.25. The molecular weight excluding hydrogens is 295 g/mol. The average Bonchev–Trinajstić information content (AvgIpc) is 2.72. The van der Waals surface area contributed by atoms with Crippen molar-refractivity contribution in [2.24, 2.45) is 5.73 Å². The second-order valence-electron chi connectivity index (χ2n) is 4.66. The predicted octanol–water partition coefficient (Wildman–Crippen LogP) is -0.160. The lowest BCUT2D eigenvalue weighted by Gasteiger charge is -2.13. The number of halogens is 1. The van der Waals surface area contributed by atoms with Crippen molar-refractivity contribution in [1.29, 1.82) is 0 Å². The zero-order valence-corrected chi connectivity index (χ0v) is 11.5. The van der Waals surface area contributed by atoms with E-state index in [1.807, 2.05) is 0 Å². The minimum atomic E-state index is -1.47. The number of aromatic nitrogens is 2. The summed E-state index contributed by atoms with van der Waals surface area (Å²) in [6.07, 6.45) is 0.513. The third-order valence-electron chi connectivity index (χ3n) is 2.98. The van der Waals surface area contributed by atoms with Crippen LogP contribution < -0.4 is 11.1 Å². The normalized spacial score (nSPS) is 12.1. The number of fused-ring (bicyclic) bond motifs is 1. The lowest BCUT2D eigenvalue weighted by Crippen LogP contribution is -2.43. The van der Waals surface area contributed by atoms with Crippen molar-refractivity contribution in [3.8, 4) is 0 Å². The van der Waals surface area contributed by atoms with Crippen LogP contribution in [0.15, 0.2) is 18.3 Å². The number of carboxylic acids is 1. The number of nitrogens with two attached hydrogens (primary N) is 1. The van der Waals surface area contributed by atoms with Gasteiger partial charge in [-0.05, 0) is 19.1 Å². The molecule has 0 aliphatic rings. The van der Waals surface area contributed by atoms with Gasteiger partial charge in [-0.1, -0.05) is 0 Å². The van der Waals surface area contributed by atoms with Crippen molar-refractivity contribution in [2.75, 3.05) is 0 Å². The Balaban J connectivity index is 2.36. The van der Waals surface area contributed by atoms with E-state index in [2.05, 4.69) is 10.3 Å². The number of primary amides is 1. The number of nitrogens with zero attached hydrogens (tertiary/aromatic N) is 2. The fourth-order valence-electron chi connectivity index (χ4n) is 2.04. The summed E-state index contributed by atoms with van der Waals surface area (Å²) in [7, 11) is 0. The number of aryl methyl sites for hydroxylation is 1. The van der Waals surface area contributed by atoms with Gasteiger partial charge in [0.2, 0.25) is 5.91 Å². The SMILES string of the molecule is Cc1nc2ccc(F)cn2c1C(=O)NC(CC(N)=O)C(=O)O. The second kappa shape index (κ2) is 5.80. The van der Waals surface area contributed by atoms with Crippen LogP contribution in [0, 0.1) is 12.7 Å². The summed E-state index contributed by atoms with van der Waals surface area (Å²) in [5, 5.41) is 11.2. The van der Waals surface area contributed by atoms with Gasteiger partial charge in [-0.2, -0.15) is 0 Å². The van der Waals surface area contributed by atoms with E-state index in [0.29, 0.717) is 11.3 Å². The van der Waals surface area contributed by atoms with Crippen molar-refractivity contribution < 1.29 is 23.9 Å². The third kappa shape index (κ3) is 3.03. The minimum Gasteiger partial charge on any atom is -0.480 e. The molecule has 0 bridgehead atoms. The first-order valence-corrected chi connectivity index (χ1v) is 6.25. The Bertz CT molecular complexity index is 771. The number of hydrogen-bond donors (Lipinski definition) is 3. The molecule has 9 heteroatoms. The molecule has 0 saturated carbocycles. The monoisotopic (exact) mass is 308 g/mol. The van der Waals surface area contributed by atoms with Gasteiger partial charge in [-0.15, -0.1) is 0 Å². The van der Waals surface area contributed by atoms with Gasteiger partial charge in [0.05, 0.1) is 12.1 Å². The fraction of sp³-hybridized carbons (Fsp3) is 0.231. The van der Waals surface area contributed by atoms with E-state index in [1.165, 1.54) is 23.5 Å². The Morgan fingerprint density at radius 1 is 1.45 bits per heavy atom. The number of carboxylic acid groups (broad SMARTS) is 1. The van der Waals surface area contributed by atoms with Gasteiger partial charge in [-0.3, -0.25) is 14.0 Å². The van der Waals surface area contributed by atoms with Crippen LogP contribution in [0.5, 0.6) is 0 Å². The Kier molecular flexibility index (Phi) is 4.06. The molecule has 0 aromatic carbocycles. The number of imidazole rings is 1. The Labute approximate surface area is 123 Å². The van der Waals surface area contributed by atoms with Crippen LogP contribution in [0.2, 0.25) is 0 Å². The molecule has 2 amide bonds. The second-order valence-corrected chi connectivity index (χ2v) is 4.66. The number of amides is 2. The summed E-state index contributed by atoms with van der Waals surface area (Å²) >= 11 is 0. The van der Waals surface area contributed by atoms with E-state index >= 15 is 0 Å². The van der Waals surface area contributed by atoms with Gasteiger partial charge in [0.1, 0.15) is 23.2 Å². The van der Waals surface area contributed by atoms with E-state index in [1.54, 1.807) is 0 Å². The molecule has 2 aromatic heterocycles.